The normalized spacial score (nSPS) is 13.4. The van der Waals surface area contributed by atoms with Crippen LogP contribution in [0.2, 0.25) is 0 Å². The van der Waals surface area contributed by atoms with Crippen molar-refractivity contribution in [3.63, 3.8) is 0 Å². The van der Waals surface area contributed by atoms with Gasteiger partial charge in [0.25, 0.3) is 5.91 Å². The van der Waals surface area contributed by atoms with E-state index in [0.717, 1.165) is 29.7 Å². The number of benzene rings is 2. The van der Waals surface area contributed by atoms with E-state index in [9.17, 15) is 9.59 Å². The van der Waals surface area contributed by atoms with Crippen molar-refractivity contribution in [2.75, 3.05) is 18.9 Å². The standard InChI is InChI=1S/C29H36N4O3/c1-20-12-13-23(27(34)33(5)25-10-6-7-11-25)19-22(20)9-8-18-31-24-16-14-21(15-17-24)26(30)32-28(35)36-29(2,3)4/h12-17,19,25,31H,6-7,10-11,18H2,1-5H3,(H2,30,32,35). The second-order valence-corrected chi connectivity index (χ2v) is 10.1. The third kappa shape index (κ3) is 7.61. The minimum absolute atomic E-state index is 0.0286. The van der Waals surface area contributed by atoms with Gasteiger partial charge in [-0.3, -0.25) is 15.5 Å². The summed E-state index contributed by atoms with van der Waals surface area (Å²) in [6.07, 6.45) is 3.88. The van der Waals surface area contributed by atoms with Crippen molar-refractivity contribution in [3.05, 3.63) is 64.7 Å². The number of carbonyl (C=O) groups excluding carboxylic acids is 2. The highest BCUT2D eigenvalue weighted by atomic mass is 16.6. The van der Waals surface area contributed by atoms with Gasteiger partial charge in [-0.15, -0.1) is 0 Å². The Balaban J connectivity index is 1.55. The molecule has 7 nitrogen and oxygen atoms in total. The van der Waals surface area contributed by atoms with Gasteiger partial charge < -0.3 is 15.0 Å². The molecule has 3 N–H and O–H groups in total. The second-order valence-electron chi connectivity index (χ2n) is 10.1. The molecule has 2 aromatic carbocycles. The molecule has 0 atom stereocenters. The molecule has 1 fully saturated rings. The monoisotopic (exact) mass is 488 g/mol. The molecular weight excluding hydrogens is 452 g/mol. The van der Waals surface area contributed by atoms with Gasteiger partial charge in [-0.1, -0.05) is 30.7 Å². The average Bonchev–Trinajstić information content (AvgIpc) is 3.36. The Morgan fingerprint density at radius 3 is 2.36 bits per heavy atom. The summed E-state index contributed by atoms with van der Waals surface area (Å²) in [6.45, 7) is 7.73. The highest BCUT2D eigenvalue weighted by molar-refractivity contribution is 6.04. The molecule has 0 unspecified atom stereocenters. The summed E-state index contributed by atoms with van der Waals surface area (Å²) in [7, 11) is 1.90. The summed E-state index contributed by atoms with van der Waals surface area (Å²) in [5.41, 5.74) is 3.34. The molecule has 0 bridgehead atoms. The highest BCUT2D eigenvalue weighted by Gasteiger charge is 2.24. The van der Waals surface area contributed by atoms with E-state index in [1.54, 1.807) is 32.9 Å². The van der Waals surface area contributed by atoms with Crippen molar-refractivity contribution < 1.29 is 14.3 Å². The van der Waals surface area contributed by atoms with Gasteiger partial charge in [0.05, 0.1) is 6.54 Å². The topological polar surface area (TPSA) is 94.5 Å². The number of hydrogen-bond donors (Lipinski definition) is 3. The van der Waals surface area contributed by atoms with Crippen LogP contribution in [-0.2, 0) is 4.74 Å². The van der Waals surface area contributed by atoms with Gasteiger partial charge in [0, 0.05) is 35.5 Å². The number of hydrogen-bond acceptors (Lipinski definition) is 5. The molecule has 0 aromatic heterocycles. The Labute approximate surface area is 214 Å². The zero-order valence-electron chi connectivity index (χ0n) is 21.8. The Hall–Kier alpha value is -3.79. The first-order chi connectivity index (χ1) is 17.0. The van der Waals surface area contributed by atoms with E-state index in [2.05, 4.69) is 22.5 Å². The van der Waals surface area contributed by atoms with Gasteiger partial charge in [0.15, 0.2) is 0 Å². The zero-order valence-corrected chi connectivity index (χ0v) is 21.8. The largest absolute Gasteiger partial charge is 0.444 e. The molecule has 0 radical (unpaired) electrons. The average molecular weight is 489 g/mol. The van der Waals surface area contributed by atoms with Crippen LogP contribution in [0.25, 0.3) is 0 Å². The van der Waals surface area contributed by atoms with Gasteiger partial charge in [0.1, 0.15) is 11.4 Å². The maximum Gasteiger partial charge on any atom is 0.413 e. The number of ether oxygens (including phenoxy) is 1. The molecule has 1 saturated carbocycles. The molecule has 36 heavy (non-hydrogen) atoms. The molecule has 1 aliphatic rings. The lowest BCUT2D eigenvalue weighted by Gasteiger charge is -2.24. The van der Waals surface area contributed by atoms with Crippen LogP contribution in [0.4, 0.5) is 10.5 Å². The van der Waals surface area contributed by atoms with Crippen molar-refractivity contribution in [2.24, 2.45) is 0 Å². The van der Waals surface area contributed by atoms with Crippen LogP contribution in [0, 0.1) is 24.2 Å². The number of nitrogens with one attached hydrogen (secondary N) is 3. The molecular formula is C29H36N4O3. The lowest BCUT2D eigenvalue weighted by Crippen LogP contribution is -2.36. The van der Waals surface area contributed by atoms with Crippen molar-refractivity contribution in [1.82, 2.24) is 10.2 Å². The number of aryl methyl sites for hydroxylation is 1. The van der Waals surface area contributed by atoms with E-state index in [1.165, 1.54) is 12.8 Å². The van der Waals surface area contributed by atoms with Crippen LogP contribution in [0.3, 0.4) is 0 Å². The fraction of sp³-hybridized carbons (Fsp3) is 0.414. The molecule has 0 aliphatic heterocycles. The van der Waals surface area contributed by atoms with E-state index >= 15 is 0 Å². The number of alkyl carbamates (subject to hydrolysis) is 1. The molecule has 0 saturated heterocycles. The van der Waals surface area contributed by atoms with E-state index in [-0.39, 0.29) is 11.7 Å². The number of amidine groups is 1. The van der Waals surface area contributed by atoms with Crippen molar-refractivity contribution in [1.29, 1.82) is 5.41 Å². The lowest BCUT2D eigenvalue weighted by atomic mass is 10.0. The first kappa shape index (κ1) is 26.8. The van der Waals surface area contributed by atoms with Crippen molar-refractivity contribution in [3.8, 4) is 11.8 Å². The number of nitrogens with zero attached hydrogens (tertiary/aromatic N) is 1. The summed E-state index contributed by atoms with van der Waals surface area (Å²) < 4.78 is 5.18. The maximum absolute atomic E-state index is 12.9. The number of carbonyl (C=O) groups is 2. The van der Waals surface area contributed by atoms with E-state index in [4.69, 9.17) is 10.1 Å². The molecule has 7 heteroatoms. The van der Waals surface area contributed by atoms with E-state index in [0.29, 0.717) is 23.7 Å². The van der Waals surface area contributed by atoms with Crippen LogP contribution in [0.5, 0.6) is 0 Å². The zero-order chi connectivity index (χ0) is 26.3. The third-order valence-corrected chi connectivity index (χ3v) is 6.08. The molecule has 2 amide bonds. The van der Waals surface area contributed by atoms with Crippen LogP contribution < -0.4 is 10.6 Å². The highest BCUT2D eigenvalue weighted by Crippen LogP contribution is 2.24. The van der Waals surface area contributed by atoms with E-state index in [1.807, 2.05) is 49.2 Å². The van der Waals surface area contributed by atoms with Gasteiger partial charge >= 0.3 is 6.09 Å². The third-order valence-electron chi connectivity index (χ3n) is 6.08. The summed E-state index contributed by atoms with van der Waals surface area (Å²) in [5, 5.41) is 13.7. The predicted octanol–water partition coefficient (Wildman–Crippen LogP) is 5.32. The van der Waals surface area contributed by atoms with Crippen molar-refractivity contribution >= 4 is 23.5 Å². The summed E-state index contributed by atoms with van der Waals surface area (Å²) in [6, 6.07) is 13.2. The summed E-state index contributed by atoms with van der Waals surface area (Å²) in [5.74, 6) is 6.32. The van der Waals surface area contributed by atoms with E-state index < -0.39 is 11.7 Å². The second kappa shape index (κ2) is 11.8. The fourth-order valence-electron chi connectivity index (χ4n) is 4.07. The first-order valence-electron chi connectivity index (χ1n) is 12.3. The maximum atomic E-state index is 12.9. The van der Waals surface area contributed by atoms with Gasteiger partial charge in [-0.2, -0.15) is 0 Å². The minimum Gasteiger partial charge on any atom is -0.444 e. The Bertz CT molecular complexity index is 1160. The van der Waals surface area contributed by atoms with Crippen molar-refractivity contribution in [2.45, 2.75) is 65.0 Å². The number of anilines is 1. The van der Waals surface area contributed by atoms with Crippen LogP contribution in [-0.4, -0.2) is 48.0 Å². The first-order valence-corrected chi connectivity index (χ1v) is 12.3. The number of amides is 2. The smallest absolute Gasteiger partial charge is 0.413 e. The minimum atomic E-state index is -0.656. The van der Waals surface area contributed by atoms with Gasteiger partial charge in [0.2, 0.25) is 0 Å². The Kier molecular flexibility index (Phi) is 8.76. The molecule has 1 aliphatic carbocycles. The van der Waals surface area contributed by atoms with Crippen LogP contribution in [0.15, 0.2) is 42.5 Å². The predicted molar refractivity (Wildman–Crippen MR) is 144 cm³/mol. The summed E-state index contributed by atoms with van der Waals surface area (Å²) in [4.78, 5) is 26.7. The Morgan fingerprint density at radius 2 is 1.72 bits per heavy atom. The fourth-order valence-corrected chi connectivity index (χ4v) is 4.07. The quantitative estimate of drug-likeness (QED) is 0.301. The molecule has 190 valence electrons. The Morgan fingerprint density at radius 1 is 1.08 bits per heavy atom. The SMILES string of the molecule is Cc1ccc(C(=O)N(C)C2CCCC2)cc1C#CCNc1ccc(C(=N)NC(=O)OC(C)(C)C)cc1. The molecule has 0 spiro atoms. The molecule has 3 rings (SSSR count). The van der Waals surface area contributed by atoms with Gasteiger partial charge in [-0.05, 0) is 82.5 Å². The molecule has 0 heterocycles. The lowest BCUT2D eigenvalue weighted by molar-refractivity contribution is 0.0562. The molecule has 2 aromatic rings. The summed E-state index contributed by atoms with van der Waals surface area (Å²) >= 11 is 0. The number of rotatable bonds is 5. The van der Waals surface area contributed by atoms with Crippen LogP contribution in [0.1, 0.15) is 73.5 Å². The van der Waals surface area contributed by atoms with Gasteiger partial charge in [-0.25, -0.2) is 4.79 Å². The van der Waals surface area contributed by atoms with Crippen LogP contribution >= 0.6 is 0 Å².